The monoisotopic (exact) mass is 361 g/mol. The summed E-state index contributed by atoms with van der Waals surface area (Å²) in [4.78, 5) is 24.8. The van der Waals surface area contributed by atoms with E-state index in [9.17, 15) is 18.0 Å². The van der Waals surface area contributed by atoms with Crippen molar-refractivity contribution in [2.45, 2.75) is 81.4 Å². The lowest BCUT2D eigenvalue weighted by molar-refractivity contribution is -0.152. The third-order valence-electron chi connectivity index (χ3n) is 4.54. The van der Waals surface area contributed by atoms with Crippen molar-refractivity contribution in [2.75, 3.05) is 6.61 Å². The lowest BCUT2D eigenvalue weighted by Crippen LogP contribution is -2.64. The van der Waals surface area contributed by atoms with Crippen molar-refractivity contribution in [3.05, 3.63) is 0 Å². The molecule has 138 valence electrons. The molecule has 1 N–H and O–H groups in total. The molecule has 0 spiro atoms. The average molecular weight is 361 g/mol. The maximum absolute atomic E-state index is 12.6. The highest BCUT2D eigenvalue weighted by atomic mass is 32.2. The number of sulfone groups is 1. The minimum atomic E-state index is -3.26. The van der Waals surface area contributed by atoms with Gasteiger partial charge in [0.15, 0.2) is 9.84 Å². The number of amides is 1. The highest BCUT2D eigenvalue weighted by Gasteiger charge is 2.56. The third kappa shape index (κ3) is 3.84. The van der Waals surface area contributed by atoms with Crippen LogP contribution in [0.25, 0.3) is 0 Å². The lowest BCUT2D eigenvalue weighted by Gasteiger charge is -2.45. The van der Waals surface area contributed by atoms with Crippen LogP contribution in [0.4, 0.5) is 4.79 Å². The van der Waals surface area contributed by atoms with Crippen molar-refractivity contribution in [3.63, 3.8) is 0 Å². The molecule has 0 aromatic heterocycles. The van der Waals surface area contributed by atoms with Crippen LogP contribution in [0.3, 0.4) is 0 Å². The summed E-state index contributed by atoms with van der Waals surface area (Å²) in [5, 5.41) is 1.40. The summed E-state index contributed by atoms with van der Waals surface area (Å²) in [6, 6.07) is 0. The van der Waals surface area contributed by atoms with E-state index in [1.54, 1.807) is 27.7 Å². The summed E-state index contributed by atoms with van der Waals surface area (Å²) in [5.41, 5.74) is -2.05. The van der Waals surface area contributed by atoms with Crippen LogP contribution >= 0.6 is 0 Å². The van der Waals surface area contributed by atoms with Crippen LogP contribution < -0.4 is 5.32 Å². The fraction of sp³-hybridized carbons (Fsp3) is 0.875. The number of nitrogens with one attached hydrogen (secondary N) is 1. The van der Waals surface area contributed by atoms with E-state index in [-0.39, 0.29) is 19.4 Å². The Hall–Kier alpha value is -1.31. The van der Waals surface area contributed by atoms with Gasteiger partial charge in [0, 0.05) is 0 Å². The van der Waals surface area contributed by atoms with Gasteiger partial charge in [-0.15, -0.1) is 0 Å². The van der Waals surface area contributed by atoms with E-state index >= 15 is 0 Å². The molecule has 0 aromatic rings. The van der Waals surface area contributed by atoms with Crippen LogP contribution in [0.1, 0.15) is 59.8 Å². The van der Waals surface area contributed by atoms with Crippen LogP contribution in [0.15, 0.2) is 0 Å². The molecule has 2 unspecified atom stereocenters. The van der Waals surface area contributed by atoms with Gasteiger partial charge in [-0.3, -0.25) is 0 Å². The fourth-order valence-corrected chi connectivity index (χ4v) is 6.13. The van der Waals surface area contributed by atoms with Crippen molar-refractivity contribution in [3.8, 4) is 0 Å². The van der Waals surface area contributed by atoms with E-state index in [2.05, 4.69) is 5.32 Å². The van der Waals surface area contributed by atoms with E-state index in [0.717, 1.165) is 6.42 Å². The Morgan fingerprint density at radius 2 is 1.71 bits per heavy atom. The molecule has 0 radical (unpaired) electrons. The van der Waals surface area contributed by atoms with Gasteiger partial charge in [0.25, 0.3) is 0 Å². The van der Waals surface area contributed by atoms with Crippen molar-refractivity contribution >= 4 is 21.9 Å². The Balaban J connectivity index is 2.29. The molecule has 24 heavy (non-hydrogen) atoms. The van der Waals surface area contributed by atoms with E-state index in [1.807, 2.05) is 0 Å². The number of alkyl carbamates (subject to hydrolysis) is 1. The summed E-state index contributed by atoms with van der Waals surface area (Å²) in [6.07, 6.45) is 1.20. The van der Waals surface area contributed by atoms with Crippen molar-refractivity contribution in [2.24, 2.45) is 0 Å². The molecule has 2 rings (SSSR count). The molecule has 8 heteroatoms. The molecule has 2 aliphatic heterocycles. The molecule has 2 bridgehead atoms. The number of carbonyl (C=O) groups is 2. The van der Waals surface area contributed by atoms with Crippen molar-refractivity contribution < 1.29 is 27.5 Å². The third-order valence-corrected chi connectivity index (χ3v) is 7.20. The number of ether oxygens (including phenoxy) is 2. The van der Waals surface area contributed by atoms with Gasteiger partial charge < -0.3 is 14.8 Å². The van der Waals surface area contributed by atoms with Gasteiger partial charge >= 0.3 is 12.1 Å². The number of hydrogen-bond donors (Lipinski definition) is 1. The van der Waals surface area contributed by atoms with Crippen LogP contribution in [-0.4, -0.2) is 48.7 Å². The van der Waals surface area contributed by atoms with Crippen LogP contribution in [0.2, 0.25) is 0 Å². The summed E-state index contributed by atoms with van der Waals surface area (Å²) < 4.78 is 35.4. The Bertz CT molecular complexity index is 587. The molecule has 2 heterocycles. The second kappa shape index (κ2) is 6.54. The van der Waals surface area contributed by atoms with Gasteiger partial charge in [-0.1, -0.05) is 6.42 Å². The second-order valence-electron chi connectivity index (χ2n) is 7.60. The summed E-state index contributed by atoms with van der Waals surface area (Å²) >= 11 is 0. The summed E-state index contributed by atoms with van der Waals surface area (Å²) in [7, 11) is -3.26. The SMILES string of the molecule is CCOC(=O)C1(NC(=O)OC(C)(C)C)CC2CCCC(C1)S2(=O)=O. The number of fused-ring (bicyclic) bond motifs is 2. The zero-order valence-corrected chi connectivity index (χ0v) is 15.6. The minimum absolute atomic E-state index is 0.0455. The molecule has 2 fully saturated rings. The first-order valence-corrected chi connectivity index (χ1v) is 10.0. The summed E-state index contributed by atoms with van der Waals surface area (Å²) in [6.45, 7) is 7.02. The largest absolute Gasteiger partial charge is 0.464 e. The van der Waals surface area contributed by atoms with Gasteiger partial charge in [0.1, 0.15) is 11.1 Å². The first kappa shape index (κ1) is 19.0. The number of esters is 1. The zero-order chi connectivity index (χ0) is 18.2. The van der Waals surface area contributed by atoms with Gasteiger partial charge in [-0.25, -0.2) is 18.0 Å². The number of rotatable bonds is 3. The molecule has 7 nitrogen and oxygen atoms in total. The van der Waals surface area contributed by atoms with Gasteiger partial charge in [-0.05, 0) is 53.4 Å². The molecule has 0 aromatic carbocycles. The van der Waals surface area contributed by atoms with Crippen molar-refractivity contribution in [1.82, 2.24) is 5.32 Å². The predicted octanol–water partition coefficient (Wildman–Crippen LogP) is 1.94. The molecular weight excluding hydrogens is 334 g/mol. The number of hydrogen-bond acceptors (Lipinski definition) is 6. The number of carbonyl (C=O) groups excluding carboxylic acids is 2. The Kier molecular flexibility index (Phi) is 5.18. The maximum Gasteiger partial charge on any atom is 0.408 e. The highest BCUT2D eigenvalue weighted by Crippen LogP contribution is 2.42. The lowest BCUT2D eigenvalue weighted by atomic mass is 9.82. The molecule has 2 atom stereocenters. The predicted molar refractivity (Wildman–Crippen MR) is 88.3 cm³/mol. The zero-order valence-electron chi connectivity index (χ0n) is 14.8. The maximum atomic E-state index is 12.6. The highest BCUT2D eigenvalue weighted by molar-refractivity contribution is 7.92. The average Bonchev–Trinajstić information content (AvgIpc) is 2.37. The van der Waals surface area contributed by atoms with Crippen molar-refractivity contribution in [1.29, 1.82) is 0 Å². The summed E-state index contributed by atoms with van der Waals surface area (Å²) in [5.74, 6) is -0.581. The molecular formula is C16H27NO6S. The molecule has 0 saturated carbocycles. The van der Waals surface area contributed by atoms with E-state index in [0.29, 0.717) is 12.8 Å². The Morgan fingerprint density at radius 1 is 1.17 bits per heavy atom. The van der Waals surface area contributed by atoms with Crippen LogP contribution in [0.5, 0.6) is 0 Å². The van der Waals surface area contributed by atoms with Crippen LogP contribution in [-0.2, 0) is 24.1 Å². The molecule has 2 saturated heterocycles. The van der Waals surface area contributed by atoms with E-state index < -0.39 is 43.5 Å². The van der Waals surface area contributed by atoms with E-state index in [4.69, 9.17) is 9.47 Å². The van der Waals surface area contributed by atoms with Gasteiger partial charge in [0.05, 0.1) is 17.1 Å². The quantitative estimate of drug-likeness (QED) is 0.771. The van der Waals surface area contributed by atoms with E-state index in [1.165, 1.54) is 0 Å². The van der Waals surface area contributed by atoms with Gasteiger partial charge in [-0.2, -0.15) is 0 Å². The topological polar surface area (TPSA) is 98.8 Å². The molecule has 0 aliphatic carbocycles. The first-order valence-electron chi connectivity index (χ1n) is 8.41. The first-order chi connectivity index (χ1) is 11.0. The van der Waals surface area contributed by atoms with Gasteiger partial charge in [0.2, 0.25) is 0 Å². The minimum Gasteiger partial charge on any atom is -0.464 e. The van der Waals surface area contributed by atoms with Crippen LogP contribution in [0, 0.1) is 0 Å². The normalized spacial score (nSPS) is 31.8. The fourth-order valence-electron chi connectivity index (χ4n) is 3.56. The standard InChI is InChI=1S/C16H27NO6S/c1-5-22-13(18)16(17-14(19)23-15(2,3)4)9-11-7-6-8-12(10-16)24(11,20)21/h11-12H,5-10H2,1-4H3,(H,17,19). The Labute approximate surface area is 143 Å². The molecule has 2 aliphatic rings. The molecule has 1 amide bonds. The smallest absolute Gasteiger partial charge is 0.408 e. The Morgan fingerprint density at radius 3 is 2.17 bits per heavy atom. The second-order valence-corrected chi connectivity index (χ2v) is 10.1.